The summed E-state index contributed by atoms with van der Waals surface area (Å²) >= 11 is 0. The monoisotopic (exact) mass is 1230 g/mol. The van der Waals surface area contributed by atoms with E-state index in [4.69, 9.17) is 4.74 Å². The van der Waals surface area contributed by atoms with Crippen LogP contribution in [0.3, 0.4) is 0 Å². The van der Waals surface area contributed by atoms with Gasteiger partial charge in [0, 0.05) is 12.8 Å². The van der Waals surface area contributed by atoms with E-state index in [1.54, 1.807) is 6.08 Å². The van der Waals surface area contributed by atoms with Gasteiger partial charge in [0.05, 0.1) is 25.4 Å². The molecule has 0 fully saturated rings. The highest BCUT2D eigenvalue weighted by atomic mass is 16.5. The number of nitrogens with one attached hydrogen (secondary N) is 1. The fraction of sp³-hybridized carbons (Fsp3) is 0.878. The lowest BCUT2D eigenvalue weighted by Crippen LogP contribution is -2.45. The molecule has 6 heteroatoms. The average molecular weight is 1240 g/mol. The van der Waals surface area contributed by atoms with Gasteiger partial charge in [-0.05, 0) is 89.9 Å². The number of allylic oxidation sites excluding steroid dienone is 7. The third-order valence-electron chi connectivity index (χ3n) is 18.6. The minimum Gasteiger partial charge on any atom is -0.466 e. The minimum atomic E-state index is -0.841. The highest BCUT2D eigenvalue weighted by molar-refractivity contribution is 5.76. The SMILES string of the molecule is CCCCC/C=C\C/C=C\CCCCCCCCCC(=O)OCCCCCCCCCCCCCCCCCCCC/C=C\CCCCCCCCCCCCCCCCCCCC(=O)NC(CO)C(O)/C=C/CCCCCCCCCCCCCCC. The average Bonchev–Trinajstić information content (AvgIpc) is 3.59. The Bertz CT molecular complexity index is 1470. The van der Waals surface area contributed by atoms with Gasteiger partial charge in [-0.25, -0.2) is 0 Å². The highest BCUT2D eigenvalue weighted by Gasteiger charge is 2.18. The number of hydrogen-bond donors (Lipinski definition) is 3. The summed E-state index contributed by atoms with van der Waals surface area (Å²) in [6, 6.07) is -0.625. The van der Waals surface area contributed by atoms with Crippen LogP contribution < -0.4 is 5.32 Å². The summed E-state index contributed by atoms with van der Waals surface area (Å²) in [6.45, 7) is 4.91. The van der Waals surface area contributed by atoms with Gasteiger partial charge in [0.15, 0.2) is 0 Å². The van der Waals surface area contributed by atoms with Gasteiger partial charge in [-0.15, -0.1) is 0 Å². The van der Waals surface area contributed by atoms with Crippen LogP contribution in [0, 0.1) is 0 Å². The van der Waals surface area contributed by atoms with E-state index in [0.717, 1.165) is 51.4 Å². The smallest absolute Gasteiger partial charge is 0.305 e. The van der Waals surface area contributed by atoms with Crippen molar-refractivity contribution >= 4 is 11.9 Å². The zero-order chi connectivity index (χ0) is 63.5. The first-order valence-corrected chi connectivity index (χ1v) is 39.9. The van der Waals surface area contributed by atoms with Crippen LogP contribution >= 0.6 is 0 Å². The van der Waals surface area contributed by atoms with Crippen LogP contribution in [-0.2, 0) is 14.3 Å². The molecule has 0 radical (unpaired) electrons. The first kappa shape index (κ1) is 85.8. The zero-order valence-corrected chi connectivity index (χ0v) is 59.5. The molecule has 0 saturated carbocycles. The van der Waals surface area contributed by atoms with Crippen LogP contribution in [0.2, 0.25) is 0 Å². The largest absolute Gasteiger partial charge is 0.466 e. The second kappa shape index (κ2) is 77.3. The molecular weight excluding hydrogens is 1080 g/mol. The van der Waals surface area contributed by atoms with Gasteiger partial charge in [0.2, 0.25) is 5.91 Å². The predicted octanol–water partition coefficient (Wildman–Crippen LogP) is 26.4. The fourth-order valence-corrected chi connectivity index (χ4v) is 12.5. The molecule has 0 aromatic heterocycles. The van der Waals surface area contributed by atoms with Gasteiger partial charge in [0.1, 0.15) is 0 Å². The third kappa shape index (κ3) is 72.9. The number of unbranched alkanes of at least 4 members (excludes halogenated alkanes) is 58. The number of aliphatic hydroxyl groups excluding tert-OH is 2. The molecule has 2 atom stereocenters. The zero-order valence-electron chi connectivity index (χ0n) is 59.5. The lowest BCUT2D eigenvalue weighted by atomic mass is 10.0. The molecule has 0 aromatic carbocycles. The van der Waals surface area contributed by atoms with E-state index in [9.17, 15) is 19.8 Å². The van der Waals surface area contributed by atoms with Crippen molar-refractivity contribution in [3.05, 3.63) is 48.6 Å². The Hall–Kier alpha value is -2.18. The molecule has 0 heterocycles. The lowest BCUT2D eigenvalue weighted by Gasteiger charge is -2.20. The van der Waals surface area contributed by atoms with E-state index >= 15 is 0 Å². The summed E-state index contributed by atoms with van der Waals surface area (Å²) in [4.78, 5) is 24.6. The van der Waals surface area contributed by atoms with Crippen molar-refractivity contribution in [3.63, 3.8) is 0 Å². The highest BCUT2D eigenvalue weighted by Crippen LogP contribution is 2.19. The Morgan fingerprint density at radius 2 is 0.568 bits per heavy atom. The normalized spacial score (nSPS) is 12.7. The van der Waals surface area contributed by atoms with Gasteiger partial charge >= 0.3 is 5.97 Å². The predicted molar refractivity (Wildman–Crippen MR) is 389 cm³/mol. The summed E-state index contributed by atoms with van der Waals surface area (Å²) in [6.07, 6.45) is 102. The van der Waals surface area contributed by atoms with Gasteiger partial charge in [-0.2, -0.15) is 0 Å². The quantitative estimate of drug-likeness (QED) is 0.0320. The number of hydrogen-bond acceptors (Lipinski definition) is 5. The number of esters is 1. The first-order chi connectivity index (χ1) is 43.5. The van der Waals surface area contributed by atoms with Crippen molar-refractivity contribution in [1.29, 1.82) is 0 Å². The van der Waals surface area contributed by atoms with Crippen LogP contribution in [0.1, 0.15) is 438 Å². The number of rotatable bonds is 75. The molecular formula is C82H155NO5. The summed E-state index contributed by atoms with van der Waals surface area (Å²) in [7, 11) is 0. The maximum absolute atomic E-state index is 12.5. The summed E-state index contributed by atoms with van der Waals surface area (Å²) in [5.74, 6) is -0.0463. The van der Waals surface area contributed by atoms with Crippen LogP contribution in [0.4, 0.5) is 0 Å². The maximum atomic E-state index is 12.5. The van der Waals surface area contributed by atoms with Crippen LogP contribution in [0.15, 0.2) is 48.6 Å². The maximum Gasteiger partial charge on any atom is 0.305 e. The van der Waals surface area contributed by atoms with Crippen molar-refractivity contribution < 1.29 is 24.5 Å². The van der Waals surface area contributed by atoms with E-state index in [1.807, 2.05) is 6.08 Å². The Morgan fingerprint density at radius 1 is 0.318 bits per heavy atom. The lowest BCUT2D eigenvalue weighted by molar-refractivity contribution is -0.143. The second-order valence-electron chi connectivity index (χ2n) is 27.4. The van der Waals surface area contributed by atoms with E-state index in [1.165, 1.54) is 360 Å². The Morgan fingerprint density at radius 3 is 0.898 bits per heavy atom. The summed E-state index contributed by atoms with van der Waals surface area (Å²) in [5, 5.41) is 23.2. The number of amides is 1. The molecule has 3 N–H and O–H groups in total. The molecule has 1 amide bonds. The molecule has 0 aliphatic carbocycles. The van der Waals surface area contributed by atoms with E-state index < -0.39 is 12.1 Å². The molecule has 0 aliphatic heterocycles. The topological polar surface area (TPSA) is 95.9 Å². The van der Waals surface area contributed by atoms with Crippen molar-refractivity contribution in [2.45, 2.75) is 450 Å². The molecule has 0 saturated heterocycles. The Kier molecular flexibility index (Phi) is 75.4. The standard InChI is InChI=1S/C82H155NO5/c1-3-5-7-9-11-13-15-17-19-43-48-52-56-60-64-68-72-76-82(87)88-77-73-69-65-61-57-53-49-45-42-40-38-36-34-32-30-28-26-24-22-20-21-23-25-27-29-31-33-35-37-39-41-44-47-51-55-59-63-67-71-75-81(86)83-79(78-84)80(85)74-70-66-62-58-54-50-46-18-16-14-12-10-8-6-4-2/h11,13,17,19-21,70,74,79-80,84-85H,3-10,12,14-16,18,22-69,71-73,75-78H2,1-2H3,(H,83,86)/b13-11-,19-17-,21-20-,74-70+. The second-order valence-corrected chi connectivity index (χ2v) is 27.4. The third-order valence-corrected chi connectivity index (χ3v) is 18.6. The number of ether oxygens (including phenoxy) is 1. The van der Waals surface area contributed by atoms with Gasteiger partial charge in [-0.1, -0.05) is 383 Å². The van der Waals surface area contributed by atoms with E-state index in [-0.39, 0.29) is 18.5 Å². The van der Waals surface area contributed by atoms with E-state index in [0.29, 0.717) is 19.4 Å². The number of aliphatic hydroxyl groups is 2. The van der Waals surface area contributed by atoms with Crippen LogP contribution in [0.5, 0.6) is 0 Å². The first-order valence-electron chi connectivity index (χ1n) is 39.9. The minimum absolute atomic E-state index is 0.0149. The molecule has 6 nitrogen and oxygen atoms in total. The Labute approximate surface area is 550 Å². The molecule has 2 unspecified atom stereocenters. The van der Waals surface area contributed by atoms with Crippen LogP contribution in [0.25, 0.3) is 0 Å². The van der Waals surface area contributed by atoms with E-state index in [2.05, 4.69) is 55.6 Å². The molecule has 518 valence electrons. The van der Waals surface area contributed by atoms with Gasteiger partial charge in [0.25, 0.3) is 0 Å². The molecule has 0 aromatic rings. The van der Waals surface area contributed by atoms with Crippen molar-refractivity contribution in [2.75, 3.05) is 13.2 Å². The van der Waals surface area contributed by atoms with Gasteiger partial charge in [-0.3, -0.25) is 9.59 Å². The molecule has 0 rings (SSSR count). The molecule has 0 bridgehead atoms. The number of carbonyl (C=O) groups is 2. The van der Waals surface area contributed by atoms with Crippen molar-refractivity contribution in [3.8, 4) is 0 Å². The molecule has 0 spiro atoms. The van der Waals surface area contributed by atoms with Crippen molar-refractivity contribution in [2.24, 2.45) is 0 Å². The molecule has 0 aliphatic rings. The fourth-order valence-electron chi connectivity index (χ4n) is 12.5. The number of carbonyl (C=O) groups excluding carboxylic acids is 2. The summed E-state index contributed by atoms with van der Waals surface area (Å²) < 4.78 is 5.51. The van der Waals surface area contributed by atoms with Crippen LogP contribution in [-0.4, -0.2) is 47.4 Å². The molecule has 88 heavy (non-hydrogen) atoms. The van der Waals surface area contributed by atoms with Crippen molar-refractivity contribution in [1.82, 2.24) is 5.32 Å². The summed E-state index contributed by atoms with van der Waals surface area (Å²) in [5.41, 5.74) is 0. The van der Waals surface area contributed by atoms with Gasteiger partial charge < -0.3 is 20.3 Å². The Balaban J connectivity index is 3.33.